The van der Waals surface area contributed by atoms with Gasteiger partial charge in [-0.25, -0.2) is 15.0 Å². The molecule has 0 bridgehead atoms. The average molecular weight is 1060 g/mol. The van der Waals surface area contributed by atoms with Crippen molar-refractivity contribution in [3.63, 3.8) is 0 Å². The number of nitrogens with zero attached hydrogens (tertiary/aromatic N) is 5. The Kier molecular flexibility index (Phi) is 18.6. The van der Waals surface area contributed by atoms with Gasteiger partial charge in [-0.05, 0) is 102 Å². The number of anilines is 1. The molecular weight excluding hydrogens is 1020 g/mol. The van der Waals surface area contributed by atoms with Crippen LogP contribution < -0.4 is 24.2 Å². The molecule has 5 aromatic heterocycles. The largest absolute Gasteiger partial charge is 1.00 e. The second-order valence-corrected chi connectivity index (χ2v) is 18.2. The molecule has 6 heterocycles. The molecule has 6 nitrogen and oxygen atoms in total. The van der Waals surface area contributed by atoms with Crippen LogP contribution in [0.25, 0.3) is 72.8 Å². The van der Waals surface area contributed by atoms with Crippen LogP contribution in [0.15, 0.2) is 217 Å². The van der Waals surface area contributed by atoms with E-state index in [1.807, 2.05) is 127 Å². The molecule has 12 heteroatoms. The van der Waals surface area contributed by atoms with Crippen molar-refractivity contribution in [3.8, 4) is 34.0 Å². The zero-order valence-corrected chi connectivity index (χ0v) is 42.1. The maximum absolute atomic E-state index is 6.03. The Bertz CT molecular complexity index is 3500. The van der Waals surface area contributed by atoms with E-state index in [1.165, 1.54) is 5.56 Å². The summed E-state index contributed by atoms with van der Waals surface area (Å²) >= 11 is 26.4. The number of hydrogen-bond donors (Lipinski definition) is 1. The molecule has 1 atom stereocenters. The van der Waals surface area contributed by atoms with E-state index < -0.39 is 0 Å². The van der Waals surface area contributed by atoms with E-state index in [-0.39, 0.29) is 32.3 Å². The third-order valence-corrected chi connectivity index (χ3v) is 12.4. The zero-order chi connectivity index (χ0) is 47.5. The van der Waals surface area contributed by atoms with Crippen LogP contribution in [0.5, 0.6) is 0 Å². The Labute approximate surface area is 454 Å². The van der Waals surface area contributed by atoms with Crippen molar-refractivity contribution in [1.29, 1.82) is 0 Å². The number of fused-ring (bicyclic) bond motifs is 6. The maximum Gasteiger partial charge on any atom is 1.00 e. The number of benzene rings is 6. The summed E-state index contributed by atoms with van der Waals surface area (Å²) in [6.45, 7) is 0. The molecule has 71 heavy (non-hydrogen) atoms. The normalized spacial score (nSPS) is 12.0. The van der Waals surface area contributed by atoms with Crippen LogP contribution in [0.1, 0.15) is 24.6 Å². The van der Waals surface area contributed by atoms with E-state index in [0.29, 0.717) is 5.02 Å². The van der Waals surface area contributed by atoms with Crippen molar-refractivity contribution in [1.82, 2.24) is 24.9 Å². The van der Waals surface area contributed by atoms with Gasteiger partial charge in [0.25, 0.3) is 0 Å². The van der Waals surface area contributed by atoms with Crippen molar-refractivity contribution < 1.29 is 18.9 Å². The molecule has 0 aliphatic carbocycles. The Balaban J connectivity index is 0.000000158. The molecule has 1 aliphatic rings. The molecule has 1 unspecified atom stereocenters. The van der Waals surface area contributed by atoms with E-state index in [4.69, 9.17) is 61.4 Å². The molecule has 11 aromatic rings. The van der Waals surface area contributed by atoms with E-state index in [2.05, 4.69) is 91.9 Å². The smallest absolute Gasteiger partial charge is 0.372 e. The molecule has 0 spiro atoms. The minimum absolute atomic E-state index is 0. The second kappa shape index (κ2) is 25.1. The second-order valence-electron chi connectivity index (χ2n) is 15.5. The minimum Gasteiger partial charge on any atom is -0.372 e. The molecule has 1 aliphatic heterocycles. The summed E-state index contributed by atoms with van der Waals surface area (Å²) in [4.78, 5) is 23.6. The van der Waals surface area contributed by atoms with E-state index in [0.717, 1.165) is 97.5 Å². The fourth-order valence-corrected chi connectivity index (χ4v) is 8.19. The molecule has 344 valence electrons. The molecule has 12 rings (SSSR count). The van der Waals surface area contributed by atoms with Crippen LogP contribution in [-0.2, 0) is 0 Å². The number of nitrogens with one attached hydrogen (secondary N) is 1. The third kappa shape index (κ3) is 13.5. The minimum atomic E-state index is 0. The van der Waals surface area contributed by atoms with E-state index in [1.54, 1.807) is 36.7 Å². The predicted octanol–water partition coefficient (Wildman–Crippen LogP) is 15.2. The summed E-state index contributed by atoms with van der Waals surface area (Å²) in [6.07, 6.45) is 7.89. The van der Waals surface area contributed by atoms with Crippen LogP contribution in [0.3, 0.4) is 0 Å². The third-order valence-electron chi connectivity index (χ3n) is 10.9. The molecule has 0 amide bonds. The van der Waals surface area contributed by atoms with Gasteiger partial charge in [0.05, 0.1) is 56.7 Å². The van der Waals surface area contributed by atoms with Gasteiger partial charge >= 0.3 is 18.9 Å². The monoisotopic (exact) mass is 1060 g/mol. The fourth-order valence-electron chi connectivity index (χ4n) is 7.42. The van der Waals surface area contributed by atoms with Gasteiger partial charge in [0, 0.05) is 53.7 Å². The first-order chi connectivity index (χ1) is 33.7. The molecule has 6 aromatic carbocycles. The molecule has 0 saturated carbocycles. The van der Waals surface area contributed by atoms with Gasteiger partial charge in [-0.2, -0.15) is 30.3 Å². The van der Waals surface area contributed by atoms with Gasteiger partial charge in [0.2, 0.25) is 0 Å². The SMILES string of the molecule is C.Clc1cc[c-]cc1.Clc1ccc(-c2ccc3ccc4ccc(-c5ccccn5)nc4c3n2)cc1.Clc1ccc(Br)cc1.Clc1ccc(C2C=Cc3ccc4ccc(-c5ccccn5)nc4c3N2)cc1.[Li+]. The average Bonchev–Trinajstić information content (AvgIpc) is 3.40. The van der Waals surface area contributed by atoms with Crippen LogP contribution in [-0.4, -0.2) is 24.9 Å². The van der Waals surface area contributed by atoms with E-state index in [9.17, 15) is 0 Å². The molecule has 0 radical (unpaired) electrons. The zero-order valence-electron chi connectivity index (χ0n) is 37.5. The quantitative estimate of drug-likeness (QED) is 0.108. The number of hydrogen-bond acceptors (Lipinski definition) is 6. The summed E-state index contributed by atoms with van der Waals surface area (Å²) in [6, 6.07) is 65.6. The summed E-state index contributed by atoms with van der Waals surface area (Å²) in [7, 11) is 0. The Morgan fingerprint density at radius 2 is 0.901 bits per heavy atom. The van der Waals surface area contributed by atoms with Crippen LogP contribution in [0.4, 0.5) is 5.69 Å². The van der Waals surface area contributed by atoms with Crippen molar-refractivity contribution in [2.24, 2.45) is 0 Å². The standard InChI is InChI=1S/C23H16ClN3.C23H14ClN3.C6H4BrCl.C6H4Cl.CH4.Li/c2*24-18-10-6-15(7-11-18)19-12-8-16-4-5-17-9-13-21(20-3-1-2-14-25-20)27-23(17)22(16)26-19;7-5-1-3-6(8)4-2-5;7-6-4-2-1-3-5-6;;/h1-14,19,26H;1-14H;1-4H;2-5H;1H4;/q;;;-1;;+1. The summed E-state index contributed by atoms with van der Waals surface area (Å²) in [5.41, 5.74) is 11.4. The number of rotatable bonds is 4. The predicted molar refractivity (Wildman–Crippen MR) is 299 cm³/mol. The fraction of sp³-hybridized carbons (Fsp3) is 0.0339. The summed E-state index contributed by atoms with van der Waals surface area (Å²) < 4.78 is 1.06. The van der Waals surface area contributed by atoms with Gasteiger partial charge in [-0.1, -0.05) is 154 Å². The van der Waals surface area contributed by atoms with Gasteiger partial charge < -0.3 is 5.32 Å². The first-order valence-electron chi connectivity index (χ1n) is 21.7. The maximum atomic E-state index is 6.03. The van der Waals surface area contributed by atoms with Gasteiger partial charge in [-0.15, -0.1) is 11.6 Å². The Hall–Kier alpha value is -6.37. The van der Waals surface area contributed by atoms with Gasteiger partial charge in [0.15, 0.2) is 0 Å². The molecule has 1 N–H and O–H groups in total. The topological polar surface area (TPSA) is 76.5 Å². The first-order valence-corrected chi connectivity index (χ1v) is 24.0. The molecule has 0 fully saturated rings. The number of aromatic nitrogens is 5. The molecule has 0 saturated heterocycles. The van der Waals surface area contributed by atoms with Gasteiger partial charge in [-0.3, -0.25) is 9.97 Å². The van der Waals surface area contributed by atoms with Crippen molar-refractivity contribution in [3.05, 3.63) is 254 Å². The van der Waals surface area contributed by atoms with Crippen LogP contribution >= 0.6 is 62.3 Å². The first kappa shape index (κ1) is 52.5. The Morgan fingerprint density at radius 1 is 0.451 bits per heavy atom. The van der Waals surface area contributed by atoms with Crippen LogP contribution in [0.2, 0.25) is 20.1 Å². The van der Waals surface area contributed by atoms with Crippen molar-refractivity contribution in [2.75, 3.05) is 5.32 Å². The van der Waals surface area contributed by atoms with Gasteiger partial charge in [0.1, 0.15) is 0 Å². The van der Waals surface area contributed by atoms with Crippen molar-refractivity contribution in [2.45, 2.75) is 13.5 Å². The Morgan fingerprint density at radius 3 is 1.41 bits per heavy atom. The van der Waals surface area contributed by atoms with E-state index >= 15 is 0 Å². The van der Waals surface area contributed by atoms with Crippen LogP contribution in [0, 0.1) is 6.07 Å². The summed E-state index contributed by atoms with van der Waals surface area (Å²) in [5, 5.41) is 9.85. The van der Waals surface area contributed by atoms with Crippen molar-refractivity contribution >= 4 is 107 Å². The number of halogens is 5. The molecular formula is C59H42BrCl4LiN6. The summed E-state index contributed by atoms with van der Waals surface area (Å²) in [5.74, 6) is 0. The number of pyridine rings is 5.